The average molecular weight is 245 g/mol. The van der Waals surface area contributed by atoms with Gasteiger partial charge >= 0.3 is 5.91 Å². The minimum atomic E-state index is -0.578. The molecule has 0 aliphatic heterocycles. The third-order valence-electron chi connectivity index (χ3n) is 2.30. The Kier molecular flexibility index (Phi) is 3.09. The van der Waals surface area contributed by atoms with Gasteiger partial charge in [-0.3, -0.25) is 9.59 Å². The second-order valence-electron chi connectivity index (χ2n) is 3.63. The lowest BCUT2D eigenvalue weighted by Crippen LogP contribution is -2.35. The maximum Gasteiger partial charge on any atom is 0.303 e. The third kappa shape index (κ3) is 2.22. The number of nitrogens with two attached hydrogens (primary N) is 1. The van der Waals surface area contributed by atoms with Crippen LogP contribution < -0.4 is 10.6 Å². The summed E-state index contributed by atoms with van der Waals surface area (Å²) >= 11 is 0. The Labute approximate surface area is 103 Å². The highest BCUT2D eigenvalue weighted by molar-refractivity contribution is 6.19. The fraction of sp³-hybridized carbons (Fsp3) is 0.0833. The summed E-state index contributed by atoms with van der Waals surface area (Å²) in [6, 6.07) is 7.88. The first-order valence-electron chi connectivity index (χ1n) is 5.21. The highest BCUT2D eigenvalue weighted by atomic mass is 16.5. The van der Waals surface area contributed by atoms with Crippen LogP contribution in [0.5, 0.6) is 0 Å². The molecule has 2 aromatic rings. The summed E-state index contributed by atoms with van der Waals surface area (Å²) in [7, 11) is 0. The maximum absolute atomic E-state index is 12.1. The summed E-state index contributed by atoms with van der Waals surface area (Å²) in [5.74, 6) is -1.01. The molecule has 0 unspecified atom stereocenters. The van der Waals surface area contributed by atoms with E-state index in [0.717, 1.165) is 4.90 Å². The molecule has 2 rings (SSSR count). The van der Waals surface area contributed by atoms with E-state index in [-0.39, 0.29) is 5.76 Å². The van der Waals surface area contributed by atoms with Gasteiger partial charge in [-0.15, -0.1) is 0 Å². The molecule has 2 amide bonds. The first-order chi connectivity index (χ1) is 8.59. The van der Waals surface area contributed by atoms with Crippen molar-refractivity contribution in [1.29, 1.82) is 0 Å². The third-order valence-corrected chi connectivity index (χ3v) is 2.30. The Morgan fingerprint density at radius 1 is 1.33 bits per heavy atom. The maximum atomic E-state index is 12.1. The van der Waals surface area contributed by atoms with Crippen LogP contribution in [0.2, 0.25) is 0 Å². The SMILES string of the molecule is CC(=O)N(C(=O)c1ccno1)c1cccc(N)c1. The second-order valence-corrected chi connectivity index (χ2v) is 3.63. The number of imide groups is 1. The lowest BCUT2D eigenvalue weighted by Gasteiger charge is -2.17. The van der Waals surface area contributed by atoms with Crippen LogP contribution in [0.3, 0.4) is 0 Å². The van der Waals surface area contributed by atoms with E-state index in [2.05, 4.69) is 5.16 Å². The predicted molar refractivity (Wildman–Crippen MR) is 64.8 cm³/mol. The summed E-state index contributed by atoms with van der Waals surface area (Å²) in [6.45, 7) is 1.29. The number of nitrogens with zero attached hydrogens (tertiary/aromatic N) is 2. The van der Waals surface area contributed by atoms with Crippen molar-refractivity contribution in [2.45, 2.75) is 6.92 Å². The van der Waals surface area contributed by atoms with Crippen LogP contribution in [-0.4, -0.2) is 17.0 Å². The van der Waals surface area contributed by atoms with E-state index < -0.39 is 11.8 Å². The van der Waals surface area contributed by atoms with Gasteiger partial charge in [-0.05, 0) is 18.2 Å². The van der Waals surface area contributed by atoms with Gasteiger partial charge in [0.25, 0.3) is 0 Å². The molecule has 1 aromatic heterocycles. The standard InChI is InChI=1S/C12H11N3O3/c1-8(16)15(10-4-2-3-9(13)7-10)12(17)11-5-6-14-18-11/h2-7H,13H2,1H3. The zero-order chi connectivity index (χ0) is 13.1. The summed E-state index contributed by atoms with van der Waals surface area (Å²) in [6.07, 6.45) is 1.34. The molecule has 6 heteroatoms. The quantitative estimate of drug-likeness (QED) is 0.809. The Balaban J connectivity index is 2.41. The van der Waals surface area contributed by atoms with Gasteiger partial charge in [-0.2, -0.15) is 0 Å². The first kappa shape index (κ1) is 11.8. The zero-order valence-electron chi connectivity index (χ0n) is 9.66. The van der Waals surface area contributed by atoms with E-state index in [4.69, 9.17) is 10.3 Å². The van der Waals surface area contributed by atoms with Crippen molar-refractivity contribution < 1.29 is 14.1 Å². The number of nitrogen functional groups attached to an aromatic ring is 1. The number of benzene rings is 1. The van der Waals surface area contributed by atoms with Crippen molar-refractivity contribution in [3.63, 3.8) is 0 Å². The molecular weight excluding hydrogens is 234 g/mol. The molecule has 18 heavy (non-hydrogen) atoms. The van der Waals surface area contributed by atoms with Crippen molar-refractivity contribution in [1.82, 2.24) is 5.16 Å². The van der Waals surface area contributed by atoms with Crippen molar-refractivity contribution >= 4 is 23.2 Å². The monoisotopic (exact) mass is 245 g/mol. The van der Waals surface area contributed by atoms with Crippen LogP contribution in [0.4, 0.5) is 11.4 Å². The number of carbonyl (C=O) groups is 2. The summed E-state index contributed by atoms with van der Waals surface area (Å²) < 4.78 is 4.75. The van der Waals surface area contributed by atoms with Crippen molar-refractivity contribution in [2.24, 2.45) is 0 Å². The largest absolute Gasteiger partial charge is 0.399 e. The summed E-state index contributed by atoms with van der Waals surface area (Å²) in [5, 5.41) is 3.44. The van der Waals surface area contributed by atoms with E-state index in [9.17, 15) is 9.59 Å². The van der Waals surface area contributed by atoms with Gasteiger partial charge in [-0.25, -0.2) is 4.90 Å². The molecule has 0 bridgehead atoms. The molecule has 0 fully saturated rings. The van der Waals surface area contributed by atoms with E-state index in [1.165, 1.54) is 25.3 Å². The molecule has 0 saturated heterocycles. The number of rotatable bonds is 2. The fourth-order valence-corrected chi connectivity index (χ4v) is 1.54. The molecule has 0 spiro atoms. The Hall–Kier alpha value is -2.63. The van der Waals surface area contributed by atoms with Gasteiger partial charge in [0, 0.05) is 18.7 Å². The smallest absolute Gasteiger partial charge is 0.303 e. The van der Waals surface area contributed by atoms with E-state index in [0.29, 0.717) is 11.4 Å². The van der Waals surface area contributed by atoms with Crippen LogP contribution in [0.1, 0.15) is 17.5 Å². The Morgan fingerprint density at radius 3 is 2.67 bits per heavy atom. The molecule has 0 aliphatic rings. The molecule has 0 aliphatic carbocycles. The molecule has 2 N–H and O–H groups in total. The molecule has 0 saturated carbocycles. The van der Waals surface area contributed by atoms with E-state index in [1.807, 2.05) is 0 Å². The fourth-order valence-electron chi connectivity index (χ4n) is 1.54. The van der Waals surface area contributed by atoms with Crippen LogP contribution in [0.25, 0.3) is 0 Å². The van der Waals surface area contributed by atoms with Gasteiger partial charge in [-0.1, -0.05) is 11.2 Å². The molecular formula is C12H11N3O3. The molecule has 1 heterocycles. The summed E-state index contributed by atoms with van der Waals surface area (Å²) in [5.41, 5.74) is 6.48. The normalized spacial score (nSPS) is 10.1. The average Bonchev–Trinajstić information content (AvgIpc) is 2.82. The molecule has 6 nitrogen and oxygen atoms in total. The first-order valence-corrected chi connectivity index (χ1v) is 5.21. The van der Waals surface area contributed by atoms with Crippen LogP contribution >= 0.6 is 0 Å². The van der Waals surface area contributed by atoms with Crippen molar-refractivity contribution in [3.05, 3.63) is 42.3 Å². The van der Waals surface area contributed by atoms with Gasteiger partial charge in [0.1, 0.15) is 0 Å². The zero-order valence-corrected chi connectivity index (χ0v) is 9.66. The van der Waals surface area contributed by atoms with Gasteiger partial charge < -0.3 is 10.3 Å². The number of carbonyl (C=O) groups excluding carboxylic acids is 2. The topological polar surface area (TPSA) is 89.4 Å². The Bertz CT molecular complexity index is 578. The minimum Gasteiger partial charge on any atom is -0.399 e. The van der Waals surface area contributed by atoms with Crippen LogP contribution in [0, 0.1) is 0 Å². The lowest BCUT2D eigenvalue weighted by molar-refractivity contribution is -0.116. The number of aromatic nitrogens is 1. The van der Waals surface area contributed by atoms with Gasteiger partial charge in [0.05, 0.1) is 11.9 Å². The van der Waals surface area contributed by atoms with Gasteiger partial charge in [0.2, 0.25) is 11.7 Å². The highest BCUT2D eigenvalue weighted by Crippen LogP contribution is 2.20. The van der Waals surface area contributed by atoms with Crippen LogP contribution in [0.15, 0.2) is 41.1 Å². The lowest BCUT2D eigenvalue weighted by atomic mass is 10.2. The second kappa shape index (κ2) is 4.70. The Morgan fingerprint density at radius 2 is 2.11 bits per heavy atom. The van der Waals surface area contributed by atoms with E-state index >= 15 is 0 Å². The molecule has 1 aromatic carbocycles. The number of hydrogen-bond donors (Lipinski definition) is 1. The van der Waals surface area contributed by atoms with Gasteiger partial charge in [0.15, 0.2) is 0 Å². The number of hydrogen-bond acceptors (Lipinski definition) is 5. The van der Waals surface area contributed by atoms with Crippen molar-refractivity contribution in [2.75, 3.05) is 10.6 Å². The highest BCUT2D eigenvalue weighted by Gasteiger charge is 2.24. The van der Waals surface area contributed by atoms with E-state index in [1.54, 1.807) is 18.2 Å². The molecule has 0 atom stereocenters. The molecule has 92 valence electrons. The van der Waals surface area contributed by atoms with Crippen molar-refractivity contribution in [3.8, 4) is 0 Å². The number of anilines is 2. The van der Waals surface area contributed by atoms with Crippen LogP contribution in [-0.2, 0) is 4.79 Å². The minimum absolute atomic E-state index is 0.00683. The molecule has 0 radical (unpaired) electrons. The number of amides is 2. The summed E-state index contributed by atoms with van der Waals surface area (Å²) in [4.78, 5) is 24.7. The predicted octanol–water partition coefficient (Wildman–Crippen LogP) is 1.45.